The van der Waals surface area contributed by atoms with Crippen molar-refractivity contribution in [3.05, 3.63) is 52.9 Å². The Hall–Kier alpha value is -2.67. The highest BCUT2D eigenvalue weighted by Gasteiger charge is 2.18. The van der Waals surface area contributed by atoms with Gasteiger partial charge >= 0.3 is 6.03 Å². The third kappa shape index (κ3) is 3.46. The number of anilines is 1. The minimum absolute atomic E-state index is 0.196. The summed E-state index contributed by atoms with van der Waals surface area (Å²) in [5, 5.41) is 12.5. The van der Waals surface area contributed by atoms with Gasteiger partial charge in [-0.3, -0.25) is 0 Å². The van der Waals surface area contributed by atoms with E-state index in [0.717, 1.165) is 21.8 Å². The molecule has 0 spiro atoms. The van der Waals surface area contributed by atoms with E-state index in [4.69, 9.17) is 4.52 Å². The number of amides is 2. The van der Waals surface area contributed by atoms with Gasteiger partial charge in [-0.1, -0.05) is 17.3 Å². The van der Waals surface area contributed by atoms with E-state index in [1.54, 1.807) is 17.5 Å². The van der Waals surface area contributed by atoms with Crippen molar-refractivity contribution in [3.8, 4) is 10.6 Å². The first-order valence-corrected chi connectivity index (χ1v) is 8.43. The molecule has 24 heavy (non-hydrogen) atoms. The van der Waals surface area contributed by atoms with Crippen molar-refractivity contribution in [1.82, 2.24) is 15.5 Å². The highest BCUT2D eigenvalue weighted by molar-refractivity contribution is 7.13. The van der Waals surface area contributed by atoms with Gasteiger partial charge < -0.3 is 15.2 Å². The second-order valence-corrected chi connectivity index (χ2v) is 6.37. The maximum atomic E-state index is 12.3. The molecular weight excluding hydrogens is 324 g/mol. The van der Waals surface area contributed by atoms with Crippen LogP contribution in [-0.2, 0) is 0 Å². The summed E-state index contributed by atoms with van der Waals surface area (Å²) in [6, 6.07) is 7.13. The van der Waals surface area contributed by atoms with E-state index in [-0.39, 0.29) is 12.1 Å². The molecule has 6 nitrogen and oxygen atoms in total. The molecule has 0 bridgehead atoms. The number of carbonyl (C=O) groups is 1. The highest BCUT2D eigenvalue weighted by Crippen LogP contribution is 2.25. The molecule has 0 saturated carbocycles. The van der Waals surface area contributed by atoms with Gasteiger partial charge in [0.2, 0.25) is 0 Å². The van der Waals surface area contributed by atoms with Crippen LogP contribution in [0.25, 0.3) is 10.6 Å². The normalized spacial score (nSPS) is 12.0. The molecule has 1 atom stereocenters. The molecule has 2 heterocycles. The van der Waals surface area contributed by atoms with Gasteiger partial charge in [0.25, 0.3) is 0 Å². The molecule has 124 valence electrons. The molecule has 3 aromatic rings. The molecule has 7 heteroatoms. The van der Waals surface area contributed by atoms with E-state index in [9.17, 15) is 4.79 Å². The lowest BCUT2D eigenvalue weighted by atomic mass is 10.1. The quantitative estimate of drug-likeness (QED) is 0.741. The minimum Gasteiger partial charge on any atom is -0.361 e. The molecule has 1 aromatic carbocycles. The molecule has 0 fully saturated rings. The fraction of sp³-hybridized carbons (Fsp3) is 0.235. The van der Waals surface area contributed by atoms with Crippen LogP contribution in [-0.4, -0.2) is 16.2 Å². The van der Waals surface area contributed by atoms with Crippen LogP contribution in [0.4, 0.5) is 10.5 Å². The maximum Gasteiger partial charge on any atom is 0.319 e. The Bertz CT molecular complexity index is 823. The molecule has 0 aliphatic rings. The second kappa shape index (κ2) is 6.84. The van der Waals surface area contributed by atoms with Crippen molar-refractivity contribution >= 4 is 23.1 Å². The molecule has 2 amide bonds. The van der Waals surface area contributed by atoms with Gasteiger partial charge in [-0.2, -0.15) is 0 Å². The Labute approximate surface area is 143 Å². The number of rotatable bonds is 4. The zero-order valence-electron chi connectivity index (χ0n) is 13.7. The predicted molar refractivity (Wildman–Crippen MR) is 94.1 cm³/mol. The van der Waals surface area contributed by atoms with Gasteiger partial charge in [-0.25, -0.2) is 9.78 Å². The predicted octanol–water partition coefficient (Wildman–Crippen LogP) is 4.30. The van der Waals surface area contributed by atoms with E-state index in [1.807, 2.05) is 50.4 Å². The van der Waals surface area contributed by atoms with Crippen LogP contribution in [0.5, 0.6) is 0 Å². The lowest BCUT2D eigenvalue weighted by molar-refractivity contribution is 0.249. The Morgan fingerprint density at radius 2 is 2.17 bits per heavy atom. The van der Waals surface area contributed by atoms with Crippen LogP contribution in [0.2, 0.25) is 0 Å². The first-order chi connectivity index (χ1) is 11.5. The van der Waals surface area contributed by atoms with Gasteiger partial charge in [0.05, 0.1) is 11.7 Å². The zero-order valence-corrected chi connectivity index (χ0v) is 14.5. The molecule has 0 radical (unpaired) electrons. The number of benzene rings is 1. The third-order valence-corrected chi connectivity index (χ3v) is 4.49. The van der Waals surface area contributed by atoms with Crippen molar-refractivity contribution in [1.29, 1.82) is 0 Å². The fourth-order valence-corrected chi connectivity index (χ4v) is 3.28. The summed E-state index contributed by atoms with van der Waals surface area (Å²) in [6.07, 6.45) is 1.76. The zero-order chi connectivity index (χ0) is 17.1. The number of hydrogen-bond acceptors (Lipinski definition) is 5. The third-order valence-electron chi connectivity index (χ3n) is 3.67. The minimum atomic E-state index is -0.279. The Morgan fingerprint density at radius 1 is 1.33 bits per heavy atom. The Balaban J connectivity index is 1.68. The number of urea groups is 1. The maximum absolute atomic E-state index is 12.3. The second-order valence-electron chi connectivity index (χ2n) is 5.48. The van der Waals surface area contributed by atoms with Crippen molar-refractivity contribution in [2.75, 3.05) is 5.32 Å². The van der Waals surface area contributed by atoms with Gasteiger partial charge in [0, 0.05) is 28.4 Å². The van der Waals surface area contributed by atoms with E-state index in [1.165, 1.54) is 0 Å². The molecule has 0 unspecified atom stereocenters. The van der Waals surface area contributed by atoms with Crippen molar-refractivity contribution in [3.63, 3.8) is 0 Å². The number of nitrogens with one attached hydrogen (secondary N) is 2. The largest absolute Gasteiger partial charge is 0.361 e. The van der Waals surface area contributed by atoms with Crippen LogP contribution in [0.1, 0.15) is 30.0 Å². The van der Waals surface area contributed by atoms with E-state index in [2.05, 4.69) is 20.8 Å². The number of carbonyl (C=O) groups excluding carboxylic acids is 1. The van der Waals surface area contributed by atoms with E-state index >= 15 is 0 Å². The number of nitrogens with zero attached hydrogens (tertiary/aromatic N) is 2. The van der Waals surface area contributed by atoms with Crippen LogP contribution in [0, 0.1) is 13.8 Å². The molecule has 3 rings (SSSR count). The molecule has 2 aromatic heterocycles. The van der Waals surface area contributed by atoms with Crippen molar-refractivity contribution < 1.29 is 9.32 Å². The van der Waals surface area contributed by atoms with Crippen molar-refractivity contribution in [2.24, 2.45) is 0 Å². The van der Waals surface area contributed by atoms with Gasteiger partial charge in [-0.05, 0) is 32.9 Å². The molecule has 0 saturated heterocycles. The van der Waals surface area contributed by atoms with Gasteiger partial charge in [0.15, 0.2) is 0 Å². The average Bonchev–Trinajstić information content (AvgIpc) is 3.17. The summed E-state index contributed by atoms with van der Waals surface area (Å²) >= 11 is 1.56. The fourth-order valence-electron chi connectivity index (χ4n) is 2.64. The standard InChI is InChI=1S/C17H18N4O2S/c1-10(15-11(2)21-23-12(15)3)19-17(22)20-14-6-4-5-13(9-14)16-18-7-8-24-16/h4-10H,1-3H3,(H2,19,20,22)/t10-/m0/s1. The van der Waals surface area contributed by atoms with Crippen LogP contribution >= 0.6 is 11.3 Å². The van der Waals surface area contributed by atoms with Crippen LogP contribution in [0.15, 0.2) is 40.4 Å². The highest BCUT2D eigenvalue weighted by atomic mass is 32.1. The van der Waals surface area contributed by atoms with Crippen LogP contribution in [0.3, 0.4) is 0 Å². The monoisotopic (exact) mass is 342 g/mol. The number of aryl methyl sites for hydroxylation is 2. The number of aromatic nitrogens is 2. The van der Waals surface area contributed by atoms with E-state index in [0.29, 0.717) is 11.4 Å². The molecule has 2 N–H and O–H groups in total. The Kier molecular flexibility index (Phi) is 4.61. The van der Waals surface area contributed by atoms with Crippen molar-refractivity contribution in [2.45, 2.75) is 26.8 Å². The molecular formula is C17H18N4O2S. The molecule has 0 aliphatic carbocycles. The Morgan fingerprint density at radius 3 is 2.83 bits per heavy atom. The molecule has 0 aliphatic heterocycles. The lowest BCUT2D eigenvalue weighted by Gasteiger charge is -2.14. The number of hydrogen-bond donors (Lipinski definition) is 2. The number of thiazole rings is 1. The lowest BCUT2D eigenvalue weighted by Crippen LogP contribution is -2.31. The summed E-state index contributed by atoms with van der Waals surface area (Å²) < 4.78 is 5.15. The summed E-state index contributed by atoms with van der Waals surface area (Å²) in [7, 11) is 0. The van der Waals surface area contributed by atoms with E-state index < -0.39 is 0 Å². The smallest absolute Gasteiger partial charge is 0.319 e. The van der Waals surface area contributed by atoms with Gasteiger partial charge in [0.1, 0.15) is 10.8 Å². The summed E-state index contributed by atoms with van der Waals surface area (Å²) in [5.74, 6) is 0.714. The topological polar surface area (TPSA) is 80.0 Å². The summed E-state index contributed by atoms with van der Waals surface area (Å²) in [6.45, 7) is 5.60. The van der Waals surface area contributed by atoms with Crippen LogP contribution < -0.4 is 10.6 Å². The average molecular weight is 342 g/mol. The van der Waals surface area contributed by atoms with Gasteiger partial charge in [-0.15, -0.1) is 11.3 Å². The first kappa shape index (κ1) is 16.2. The summed E-state index contributed by atoms with van der Waals surface area (Å²) in [5.41, 5.74) is 3.38. The summed E-state index contributed by atoms with van der Waals surface area (Å²) in [4.78, 5) is 16.5. The first-order valence-electron chi connectivity index (χ1n) is 7.55. The SMILES string of the molecule is Cc1noc(C)c1[C@H](C)NC(=O)Nc1cccc(-c2nccs2)c1.